The second-order valence-corrected chi connectivity index (χ2v) is 7.58. The molecule has 1 aliphatic heterocycles. The van der Waals surface area contributed by atoms with Gasteiger partial charge in [0, 0.05) is 18.7 Å². The number of para-hydroxylation sites is 2. The summed E-state index contributed by atoms with van der Waals surface area (Å²) in [6.07, 6.45) is 1.67. The third-order valence-corrected chi connectivity index (χ3v) is 5.52. The van der Waals surface area contributed by atoms with E-state index in [1.54, 1.807) is 29.2 Å². The van der Waals surface area contributed by atoms with Crippen LogP contribution in [0.3, 0.4) is 0 Å². The minimum atomic E-state index is -0.597. The van der Waals surface area contributed by atoms with Crippen molar-refractivity contribution in [2.45, 2.75) is 33.1 Å². The number of amides is 2. The van der Waals surface area contributed by atoms with Crippen molar-refractivity contribution >= 4 is 40.8 Å². The summed E-state index contributed by atoms with van der Waals surface area (Å²) >= 11 is 6.01. The first-order chi connectivity index (χ1) is 14.4. The second-order valence-electron chi connectivity index (χ2n) is 7.17. The number of anilines is 2. The zero-order valence-electron chi connectivity index (χ0n) is 17.1. The van der Waals surface area contributed by atoms with Gasteiger partial charge in [0.15, 0.2) is 6.61 Å². The molecule has 0 spiro atoms. The van der Waals surface area contributed by atoms with Crippen LogP contribution in [-0.4, -0.2) is 30.9 Å². The molecule has 1 saturated heterocycles. The Morgan fingerprint density at radius 3 is 2.40 bits per heavy atom. The molecule has 0 aliphatic carbocycles. The third kappa shape index (κ3) is 4.82. The molecule has 1 fully saturated rings. The van der Waals surface area contributed by atoms with Crippen LogP contribution in [0.4, 0.5) is 11.4 Å². The topological polar surface area (TPSA) is 75.7 Å². The van der Waals surface area contributed by atoms with Crippen LogP contribution < -0.4 is 10.2 Å². The monoisotopic (exact) mass is 428 g/mol. The Bertz CT molecular complexity index is 938. The number of rotatable bonds is 7. The van der Waals surface area contributed by atoms with E-state index in [1.807, 2.05) is 32.0 Å². The number of hydrogen-bond acceptors (Lipinski definition) is 4. The van der Waals surface area contributed by atoms with Gasteiger partial charge in [-0.1, -0.05) is 55.8 Å². The predicted molar refractivity (Wildman–Crippen MR) is 117 cm³/mol. The van der Waals surface area contributed by atoms with Crippen LogP contribution in [0.5, 0.6) is 0 Å². The summed E-state index contributed by atoms with van der Waals surface area (Å²) in [5.41, 5.74) is 3.51. The molecular weight excluding hydrogens is 404 g/mol. The highest BCUT2D eigenvalue weighted by Crippen LogP contribution is 2.32. The van der Waals surface area contributed by atoms with Crippen LogP contribution >= 0.6 is 11.6 Å². The number of carbonyl (C=O) groups excluding carboxylic acids is 3. The summed E-state index contributed by atoms with van der Waals surface area (Å²) in [5, 5.41) is 3.00. The van der Waals surface area contributed by atoms with Crippen LogP contribution in [0.1, 0.15) is 31.4 Å². The van der Waals surface area contributed by atoms with Crippen molar-refractivity contribution in [3.8, 4) is 0 Å². The summed E-state index contributed by atoms with van der Waals surface area (Å²) in [4.78, 5) is 38.9. The standard InChI is InChI=1S/C23H25ClN2O4/c1-3-15-8-7-9-16(4-2)22(15)26-13-17(12-21(26)28)23(29)30-14-20(27)25-19-11-6-5-10-18(19)24/h5-11,17H,3-4,12-14H2,1-2H3,(H,25,27)/t17-/m0/s1. The van der Waals surface area contributed by atoms with Crippen molar-refractivity contribution in [2.24, 2.45) is 5.92 Å². The minimum absolute atomic E-state index is 0.0756. The van der Waals surface area contributed by atoms with Crippen LogP contribution in [0.2, 0.25) is 5.02 Å². The van der Waals surface area contributed by atoms with Gasteiger partial charge in [-0.3, -0.25) is 14.4 Å². The molecule has 1 heterocycles. The molecule has 2 aromatic rings. The molecule has 30 heavy (non-hydrogen) atoms. The first-order valence-corrected chi connectivity index (χ1v) is 10.4. The van der Waals surface area contributed by atoms with Gasteiger partial charge in [0.1, 0.15) is 0 Å². The van der Waals surface area contributed by atoms with E-state index in [9.17, 15) is 14.4 Å². The second kappa shape index (κ2) is 9.76. The number of hydrogen-bond donors (Lipinski definition) is 1. The summed E-state index contributed by atoms with van der Waals surface area (Å²) < 4.78 is 5.17. The molecule has 2 amide bonds. The number of nitrogens with one attached hydrogen (secondary N) is 1. The van der Waals surface area contributed by atoms with Crippen molar-refractivity contribution in [3.63, 3.8) is 0 Å². The smallest absolute Gasteiger partial charge is 0.311 e. The SMILES string of the molecule is CCc1cccc(CC)c1N1C[C@@H](C(=O)OCC(=O)Nc2ccccc2Cl)CC1=O. The predicted octanol–water partition coefficient (Wildman–Crippen LogP) is 4.00. The Kier molecular flexibility index (Phi) is 7.11. The van der Waals surface area contributed by atoms with Crippen LogP contribution in [0.15, 0.2) is 42.5 Å². The first kappa shape index (κ1) is 21.8. The molecule has 2 aromatic carbocycles. The Labute approximate surface area is 181 Å². The molecule has 158 valence electrons. The van der Waals surface area contributed by atoms with Crippen molar-refractivity contribution in [3.05, 3.63) is 58.6 Å². The van der Waals surface area contributed by atoms with Gasteiger partial charge in [-0.25, -0.2) is 0 Å². The van der Waals surface area contributed by atoms with E-state index in [0.29, 0.717) is 10.7 Å². The first-order valence-electron chi connectivity index (χ1n) is 10.1. The average Bonchev–Trinajstić information content (AvgIpc) is 3.14. The zero-order valence-corrected chi connectivity index (χ0v) is 17.9. The lowest BCUT2D eigenvalue weighted by Crippen LogP contribution is -2.29. The highest BCUT2D eigenvalue weighted by molar-refractivity contribution is 6.33. The Balaban J connectivity index is 1.62. The van der Waals surface area contributed by atoms with Crippen molar-refractivity contribution in [2.75, 3.05) is 23.4 Å². The highest BCUT2D eigenvalue weighted by Gasteiger charge is 2.37. The Hall–Kier alpha value is -2.86. The molecule has 0 aromatic heterocycles. The normalized spacial score (nSPS) is 15.9. The number of halogens is 1. The van der Waals surface area contributed by atoms with E-state index in [-0.39, 0.29) is 18.9 Å². The number of aryl methyl sites for hydroxylation is 2. The van der Waals surface area contributed by atoms with Crippen LogP contribution in [0.25, 0.3) is 0 Å². The van der Waals surface area contributed by atoms with E-state index in [0.717, 1.165) is 29.7 Å². The molecular formula is C23H25ClN2O4. The number of nitrogens with zero attached hydrogens (tertiary/aromatic N) is 1. The van der Waals surface area contributed by atoms with E-state index in [1.165, 1.54) is 0 Å². The van der Waals surface area contributed by atoms with Gasteiger partial charge < -0.3 is 15.0 Å². The largest absolute Gasteiger partial charge is 0.455 e. The maximum atomic E-state index is 12.7. The minimum Gasteiger partial charge on any atom is -0.455 e. The highest BCUT2D eigenvalue weighted by atomic mass is 35.5. The van der Waals surface area contributed by atoms with Crippen molar-refractivity contribution in [1.29, 1.82) is 0 Å². The zero-order chi connectivity index (χ0) is 21.7. The fourth-order valence-electron chi connectivity index (χ4n) is 3.65. The fraction of sp³-hybridized carbons (Fsp3) is 0.348. The lowest BCUT2D eigenvalue weighted by molar-refractivity contribution is -0.151. The van der Waals surface area contributed by atoms with E-state index in [2.05, 4.69) is 5.32 Å². The molecule has 0 radical (unpaired) electrons. The van der Waals surface area contributed by atoms with E-state index >= 15 is 0 Å². The molecule has 0 bridgehead atoms. The summed E-state index contributed by atoms with van der Waals surface area (Å²) in [6.45, 7) is 3.92. The third-order valence-electron chi connectivity index (χ3n) is 5.19. The van der Waals surface area contributed by atoms with Crippen LogP contribution in [0, 0.1) is 5.92 Å². The molecule has 1 N–H and O–H groups in total. The lowest BCUT2D eigenvalue weighted by Gasteiger charge is -2.23. The molecule has 0 unspecified atom stereocenters. The quantitative estimate of drug-likeness (QED) is 0.676. The maximum absolute atomic E-state index is 12.7. The molecule has 0 saturated carbocycles. The molecule has 7 heteroatoms. The summed E-state index contributed by atoms with van der Waals surface area (Å²) in [7, 11) is 0. The van der Waals surface area contributed by atoms with Gasteiger partial charge in [-0.15, -0.1) is 0 Å². The molecule has 3 rings (SSSR count). The Morgan fingerprint density at radius 2 is 1.77 bits per heavy atom. The van der Waals surface area contributed by atoms with Gasteiger partial charge in [0.05, 0.1) is 16.6 Å². The maximum Gasteiger partial charge on any atom is 0.311 e. The van der Waals surface area contributed by atoms with Gasteiger partial charge >= 0.3 is 5.97 Å². The molecule has 6 nitrogen and oxygen atoms in total. The van der Waals surface area contributed by atoms with Crippen LogP contribution in [-0.2, 0) is 32.0 Å². The van der Waals surface area contributed by atoms with E-state index in [4.69, 9.17) is 16.3 Å². The average molecular weight is 429 g/mol. The summed E-state index contributed by atoms with van der Waals surface area (Å²) in [6, 6.07) is 12.8. The number of carbonyl (C=O) groups is 3. The lowest BCUT2D eigenvalue weighted by atomic mass is 10.0. The Morgan fingerprint density at radius 1 is 1.10 bits per heavy atom. The van der Waals surface area contributed by atoms with Crippen molar-refractivity contribution in [1.82, 2.24) is 0 Å². The number of esters is 1. The number of ether oxygens (including phenoxy) is 1. The van der Waals surface area contributed by atoms with E-state index < -0.39 is 24.4 Å². The van der Waals surface area contributed by atoms with Gasteiger partial charge in [0.2, 0.25) is 5.91 Å². The van der Waals surface area contributed by atoms with Crippen molar-refractivity contribution < 1.29 is 19.1 Å². The van der Waals surface area contributed by atoms with Gasteiger partial charge in [0.25, 0.3) is 5.91 Å². The number of benzene rings is 2. The van der Waals surface area contributed by atoms with Gasteiger partial charge in [-0.05, 0) is 36.1 Å². The van der Waals surface area contributed by atoms with Gasteiger partial charge in [-0.2, -0.15) is 0 Å². The molecule has 1 aliphatic rings. The molecule has 1 atom stereocenters. The summed E-state index contributed by atoms with van der Waals surface area (Å²) in [5.74, 6) is -1.73. The fourth-order valence-corrected chi connectivity index (χ4v) is 3.83.